The van der Waals surface area contributed by atoms with Crippen molar-refractivity contribution < 1.29 is 50.6 Å². The zero-order valence-electron chi connectivity index (χ0n) is 29.0. The molecule has 0 fully saturated rings. The Morgan fingerprint density at radius 3 is 1.25 bits per heavy atom. The maximum atomic E-state index is 13.6. The van der Waals surface area contributed by atoms with Crippen molar-refractivity contribution in [3.05, 3.63) is 119 Å². The van der Waals surface area contributed by atoms with Gasteiger partial charge in [0.05, 0.1) is 11.1 Å². The SMILES string of the molecule is CC(C)(C)OC(=O)Nc1ccc(NC(=O)c2c(F)cccc2F)cc1.CC(C)(C)OC(=O)Nc1ccc(NC(=O)c2ccccc2C(F)(F)F)cc1. The highest BCUT2D eigenvalue weighted by Crippen LogP contribution is 2.32. The number of nitrogens with one attached hydrogen (secondary N) is 4. The van der Waals surface area contributed by atoms with Gasteiger partial charge in [0.2, 0.25) is 0 Å². The molecule has 0 aliphatic carbocycles. The van der Waals surface area contributed by atoms with Crippen LogP contribution in [0, 0.1) is 11.6 Å². The predicted molar refractivity (Wildman–Crippen MR) is 186 cm³/mol. The van der Waals surface area contributed by atoms with Crippen LogP contribution in [0.5, 0.6) is 0 Å². The maximum absolute atomic E-state index is 13.6. The fourth-order valence-corrected chi connectivity index (χ4v) is 4.15. The first kappa shape index (κ1) is 40.4. The van der Waals surface area contributed by atoms with Crippen molar-refractivity contribution in [2.45, 2.75) is 58.9 Å². The standard InChI is InChI=1S/C19H19F3N2O3.C18H18F2N2O3/c1-18(2,3)27-17(26)24-13-10-8-12(9-11-13)23-16(25)14-6-4-5-7-15(14)19(20,21)22;1-18(2,3)25-17(24)22-12-9-7-11(8-10-12)21-16(23)15-13(19)5-4-6-14(15)20/h4-11H,1-3H3,(H,23,25)(H,24,26);4-10H,1-3H3,(H,21,23)(H,22,24). The number of carbonyl (C=O) groups excluding carboxylic acids is 4. The second-order valence-electron chi connectivity index (χ2n) is 13.0. The Kier molecular flexibility index (Phi) is 13.1. The van der Waals surface area contributed by atoms with Crippen LogP contribution < -0.4 is 21.3 Å². The number of carbonyl (C=O) groups is 4. The molecule has 0 radical (unpaired) electrons. The lowest BCUT2D eigenvalue weighted by Gasteiger charge is -2.19. The molecule has 4 amide bonds. The van der Waals surface area contributed by atoms with E-state index in [4.69, 9.17) is 9.47 Å². The smallest absolute Gasteiger partial charge is 0.417 e. The highest BCUT2D eigenvalue weighted by Gasteiger charge is 2.34. The lowest BCUT2D eigenvalue weighted by molar-refractivity contribution is -0.137. The van der Waals surface area contributed by atoms with Gasteiger partial charge in [0.25, 0.3) is 11.8 Å². The molecule has 4 aromatic carbocycles. The number of hydrogen-bond acceptors (Lipinski definition) is 6. The minimum Gasteiger partial charge on any atom is -0.444 e. The van der Waals surface area contributed by atoms with E-state index >= 15 is 0 Å². The number of halogens is 5. The summed E-state index contributed by atoms with van der Waals surface area (Å²) in [4.78, 5) is 47.6. The molecule has 0 atom stereocenters. The normalized spacial score (nSPS) is 11.3. The molecule has 0 aromatic heterocycles. The van der Waals surface area contributed by atoms with Crippen molar-refractivity contribution in [3.8, 4) is 0 Å². The van der Waals surface area contributed by atoms with Crippen LogP contribution in [0.3, 0.4) is 0 Å². The van der Waals surface area contributed by atoms with Gasteiger partial charge in [-0.15, -0.1) is 0 Å². The van der Waals surface area contributed by atoms with Crippen molar-refractivity contribution >= 4 is 46.8 Å². The zero-order valence-corrected chi connectivity index (χ0v) is 29.0. The van der Waals surface area contributed by atoms with E-state index in [2.05, 4.69) is 21.3 Å². The largest absolute Gasteiger partial charge is 0.444 e. The minimum absolute atomic E-state index is 0.284. The van der Waals surface area contributed by atoms with Crippen LogP contribution in [-0.4, -0.2) is 35.2 Å². The number of hydrogen-bond donors (Lipinski definition) is 4. The summed E-state index contributed by atoms with van der Waals surface area (Å²) >= 11 is 0. The second-order valence-corrected chi connectivity index (χ2v) is 13.0. The van der Waals surface area contributed by atoms with E-state index in [-0.39, 0.29) is 5.69 Å². The molecule has 4 N–H and O–H groups in total. The van der Waals surface area contributed by atoms with Crippen molar-refractivity contribution in [2.24, 2.45) is 0 Å². The number of benzene rings is 4. The van der Waals surface area contributed by atoms with E-state index in [0.29, 0.717) is 17.1 Å². The predicted octanol–water partition coefficient (Wildman–Crippen LogP) is 9.87. The van der Waals surface area contributed by atoms with Gasteiger partial charge in [0, 0.05) is 22.7 Å². The summed E-state index contributed by atoms with van der Waals surface area (Å²) in [6.45, 7) is 10.4. The summed E-state index contributed by atoms with van der Waals surface area (Å²) in [5, 5.41) is 9.85. The van der Waals surface area contributed by atoms with Gasteiger partial charge >= 0.3 is 18.4 Å². The topological polar surface area (TPSA) is 135 Å². The lowest BCUT2D eigenvalue weighted by atomic mass is 10.1. The number of rotatable bonds is 6. The molecule has 0 bridgehead atoms. The Morgan fingerprint density at radius 1 is 0.500 bits per heavy atom. The van der Waals surface area contributed by atoms with E-state index in [1.807, 2.05) is 0 Å². The van der Waals surface area contributed by atoms with Crippen LogP contribution in [0.1, 0.15) is 67.8 Å². The van der Waals surface area contributed by atoms with Crippen molar-refractivity contribution in [1.29, 1.82) is 0 Å². The molecule has 0 aliphatic rings. The van der Waals surface area contributed by atoms with E-state index in [1.165, 1.54) is 66.7 Å². The minimum atomic E-state index is -4.63. The number of alkyl halides is 3. The van der Waals surface area contributed by atoms with Crippen LogP contribution in [0.4, 0.5) is 54.3 Å². The monoisotopic (exact) mass is 728 g/mol. The third kappa shape index (κ3) is 13.0. The molecular weight excluding hydrogens is 691 g/mol. The number of ether oxygens (including phenoxy) is 2. The first-order chi connectivity index (χ1) is 24.1. The highest BCUT2D eigenvalue weighted by atomic mass is 19.4. The van der Waals surface area contributed by atoms with Gasteiger partial charge in [-0.3, -0.25) is 20.2 Å². The van der Waals surface area contributed by atoms with Gasteiger partial charge in [-0.25, -0.2) is 18.4 Å². The fourth-order valence-electron chi connectivity index (χ4n) is 4.15. The van der Waals surface area contributed by atoms with E-state index < -0.39 is 69.7 Å². The highest BCUT2D eigenvalue weighted by molar-refractivity contribution is 6.06. The average Bonchev–Trinajstić information content (AvgIpc) is 3.01. The molecule has 15 heteroatoms. The third-order valence-electron chi connectivity index (χ3n) is 6.24. The van der Waals surface area contributed by atoms with Crippen LogP contribution >= 0.6 is 0 Å². The molecule has 0 heterocycles. The van der Waals surface area contributed by atoms with Crippen molar-refractivity contribution in [3.63, 3.8) is 0 Å². The van der Waals surface area contributed by atoms with E-state index in [0.717, 1.165) is 24.3 Å². The summed E-state index contributed by atoms with van der Waals surface area (Å²) in [6.07, 6.45) is -5.88. The van der Waals surface area contributed by atoms with Crippen molar-refractivity contribution in [1.82, 2.24) is 0 Å². The fraction of sp³-hybridized carbons (Fsp3) is 0.243. The molecule has 0 aliphatic heterocycles. The number of amides is 4. The molecule has 10 nitrogen and oxygen atoms in total. The summed E-state index contributed by atoms with van der Waals surface area (Å²) in [6, 6.07) is 19.7. The lowest BCUT2D eigenvalue weighted by Crippen LogP contribution is -2.27. The van der Waals surface area contributed by atoms with Gasteiger partial charge in [0.15, 0.2) is 0 Å². The summed E-state index contributed by atoms with van der Waals surface area (Å²) in [5.74, 6) is -3.67. The van der Waals surface area contributed by atoms with Crippen LogP contribution in [0.2, 0.25) is 0 Å². The van der Waals surface area contributed by atoms with Gasteiger partial charge in [-0.05, 0) is 114 Å². The summed E-state index contributed by atoms with van der Waals surface area (Å²) < 4.78 is 76.4. The van der Waals surface area contributed by atoms with E-state index in [9.17, 15) is 41.1 Å². The molecule has 4 rings (SSSR count). The molecule has 52 heavy (non-hydrogen) atoms. The average molecular weight is 729 g/mol. The molecule has 0 spiro atoms. The van der Waals surface area contributed by atoms with E-state index in [1.54, 1.807) is 41.5 Å². The van der Waals surface area contributed by atoms with Crippen LogP contribution in [-0.2, 0) is 15.7 Å². The summed E-state index contributed by atoms with van der Waals surface area (Å²) in [5.41, 5.74) is -1.94. The molecule has 0 saturated carbocycles. The van der Waals surface area contributed by atoms with Gasteiger partial charge in [-0.1, -0.05) is 18.2 Å². The Morgan fingerprint density at radius 2 is 0.865 bits per heavy atom. The van der Waals surface area contributed by atoms with Crippen LogP contribution in [0.25, 0.3) is 0 Å². The quantitative estimate of drug-likeness (QED) is 0.146. The van der Waals surface area contributed by atoms with Gasteiger partial charge in [-0.2, -0.15) is 13.2 Å². The molecule has 0 unspecified atom stereocenters. The molecule has 4 aromatic rings. The number of anilines is 4. The molecule has 276 valence electrons. The Bertz CT molecular complexity index is 1860. The third-order valence-corrected chi connectivity index (χ3v) is 6.24. The first-order valence-electron chi connectivity index (χ1n) is 15.5. The van der Waals surface area contributed by atoms with Crippen LogP contribution in [0.15, 0.2) is 91.0 Å². The first-order valence-corrected chi connectivity index (χ1v) is 15.5. The molecular formula is C37H37F5N4O6. The van der Waals surface area contributed by atoms with Gasteiger partial charge in [0.1, 0.15) is 28.4 Å². The Hall–Kier alpha value is -5.99. The summed E-state index contributed by atoms with van der Waals surface area (Å²) in [7, 11) is 0. The maximum Gasteiger partial charge on any atom is 0.417 e. The Balaban J connectivity index is 0.000000281. The van der Waals surface area contributed by atoms with Gasteiger partial charge < -0.3 is 20.1 Å². The Labute approximate surface area is 296 Å². The second kappa shape index (κ2) is 16.8. The van der Waals surface area contributed by atoms with Crippen molar-refractivity contribution in [2.75, 3.05) is 21.3 Å². The molecule has 0 saturated heterocycles. The zero-order chi connectivity index (χ0) is 38.9.